The van der Waals surface area contributed by atoms with Crippen molar-refractivity contribution < 1.29 is 9.18 Å². The van der Waals surface area contributed by atoms with Crippen LogP contribution < -0.4 is 0 Å². The summed E-state index contributed by atoms with van der Waals surface area (Å²) in [5.41, 5.74) is 3.25. The summed E-state index contributed by atoms with van der Waals surface area (Å²) in [5.74, 6) is 0.0550. The summed E-state index contributed by atoms with van der Waals surface area (Å²) in [5, 5.41) is 1.39. The van der Waals surface area contributed by atoms with Gasteiger partial charge in [-0.2, -0.15) is 11.8 Å². The minimum atomic E-state index is -0.179. The molecule has 1 aromatic carbocycles. The molecule has 0 bridgehead atoms. The van der Waals surface area contributed by atoms with Crippen LogP contribution in [0.15, 0.2) is 40.7 Å². The molecule has 0 radical (unpaired) electrons. The van der Waals surface area contributed by atoms with Crippen LogP contribution in [0.2, 0.25) is 0 Å². The normalized spacial score (nSPS) is 16.0. The Balaban J connectivity index is 0.000000720. The highest BCUT2D eigenvalue weighted by Crippen LogP contribution is 2.49. The van der Waals surface area contributed by atoms with Crippen molar-refractivity contribution >= 4 is 40.7 Å². The monoisotopic (exact) mass is 463 g/mol. The quantitative estimate of drug-likeness (QED) is 0.232. The number of carbonyl (C=O) groups is 1. The number of allylic oxidation sites excluding steroid dienone is 3. The summed E-state index contributed by atoms with van der Waals surface area (Å²) in [4.78, 5) is 13.6. The number of benzene rings is 1. The summed E-state index contributed by atoms with van der Waals surface area (Å²) in [6.07, 6.45) is 9.63. The molecule has 0 N–H and O–H groups in total. The third kappa shape index (κ3) is 6.52. The van der Waals surface area contributed by atoms with E-state index in [-0.39, 0.29) is 17.0 Å². The maximum atomic E-state index is 14.3. The van der Waals surface area contributed by atoms with E-state index in [9.17, 15) is 9.18 Å². The van der Waals surface area contributed by atoms with Crippen LogP contribution in [0.3, 0.4) is 0 Å². The number of thioether (sulfide) groups is 2. The SMILES string of the molecule is C/C=C(\C)Sc1c2n(c3cc(F)cc(C(C)SC)c13)CCC2CC=O.C=CCC.CC. The Kier molecular flexibility index (Phi) is 12.3. The van der Waals surface area contributed by atoms with Crippen molar-refractivity contribution in [3.8, 4) is 0 Å². The van der Waals surface area contributed by atoms with E-state index in [1.807, 2.05) is 26.8 Å². The first-order valence-corrected chi connectivity index (χ1v) is 13.3. The number of hydrogen-bond donors (Lipinski definition) is 0. The molecule has 5 heteroatoms. The maximum absolute atomic E-state index is 14.3. The molecule has 0 aliphatic carbocycles. The average molecular weight is 464 g/mol. The van der Waals surface area contributed by atoms with Gasteiger partial charge in [0, 0.05) is 40.1 Å². The lowest BCUT2D eigenvalue weighted by atomic mass is 9.99. The largest absolute Gasteiger partial charge is 0.343 e. The molecule has 0 fully saturated rings. The second-order valence-electron chi connectivity index (χ2n) is 7.22. The van der Waals surface area contributed by atoms with Crippen LogP contribution in [0, 0.1) is 5.82 Å². The summed E-state index contributed by atoms with van der Waals surface area (Å²) in [7, 11) is 0. The van der Waals surface area contributed by atoms with Gasteiger partial charge >= 0.3 is 0 Å². The van der Waals surface area contributed by atoms with Crippen LogP contribution in [0.25, 0.3) is 10.9 Å². The van der Waals surface area contributed by atoms with Gasteiger partial charge in [0.2, 0.25) is 0 Å². The van der Waals surface area contributed by atoms with Crippen LogP contribution in [0.5, 0.6) is 0 Å². The van der Waals surface area contributed by atoms with Crippen molar-refractivity contribution in [1.82, 2.24) is 4.57 Å². The Hall–Kier alpha value is -1.46. The number of aromatic nitrogens is 1. The third-order valence-electron chi connectivity index (χ3n) is 5.37. The van der Waals surface area contributed by atoms with E-state index in [4.69, 9.17) is 0 Å². The number of rotatable bonds is 7. The molecular formula is C26H38FNOS2. The Morgan fingerprint density at radius 1 is 1.39 bits per heavy atom. The van der Waals surface area contributed by atoms with E-state index in [0.717, 1.165) is 36.8 Å². The molecule has 1 aliphatic heterocycles. The van der Waals surface area contributed by atoms with Gasteiger partial charge in [0.1, 0.15) is 12.1 Å². The molecule has 172 valence electrons. The van der Waals surface area contributed by atoms with E-state index < -0.39 is 0 Å². The Bertz CT molecular complexity index is 901. The second-order valence-corrected chi connectivity index (χ2v) is 9.65. The number of hydrogen-bond acceptors (Lipinski definition) is 3. The predicted octanol–water partition coefficient (Wildman–Crippen LogP) is 8.91. The van der Waals surface area contributed by atoms with E-state index in [1.54, 1.807) is 35.7 Å². The zero-order valence-electron chi connectivity index (χ0n) is 20.1. The van der Waals surface area contributed by atoms with Gasteiger partial charge in [-0.3, -0.25) is 0 Å². The van der Waals surface area contributed by atoms with Crippen LogP contribution in [0.1, 0.15) is 83.2 Å². The Labute approximate surface area is 196 Å². The fourth-order valence-corrected chi connectivity index (χ4v) is 5.22. The smallest absolute Gasteiger partial charge is 0.125 e. The first-order valence-electron chi connectivity index (χ1n) is 11.2. The van der Waals surface area contributed by atoms with Crippen molar-refractivity contribution in [2.75, 3.05) is 6.26 Å². The average Bonchev–Trinajstić information content (AvgIpc) is 3.33. The zero-order valence-corrected chi connectivity index (χ0v) is 21.8. The topological polar surface area (TPSA) is 22.0 Å². The number of aldehydes is 1. The summed E-state index contributed by atoms with van der Waals surface area (Å²) < 4.78 is 16.6. The minimum Gasteiger partial charge on any atom is -0.343 e. The molecule has 2 heterocycles. The summed E-state index contributed by atoms with van der Waals surface area (Å²) in [6.45, 7) is 16.7. The molecule has 31 heavy (non-hydrogen) atoms. The van der Waals surface area contributed by atoms with Crippen molar-refractivity contribution in [1.29, 1.82) is 0 Å². The molecule has 1 aromatic heterocycles. The van der Waals surface area contributed by atoms with Crippen LogP contribution in [0.4, 0.5) is 4.39 Å². The molecule has 2 atom stereocenters. The predicted molar refractivity (Wildman–Crippen MR) is 139 cm³/mol. The van der Waals surface area contributed by atoms with Gasteiger partial charge in [-0.1, -0.05) is 44.7 Å². The summed E-state index contributed by atoms with van der Waals surface area (Å²) >= 11 is 3.49. The molecule has 2 aromatic rings. The number of fused-ring (bicyclic) bond motifs is 3. The second kappa shape index (κ2) is 13.8. The number of carbonyl (C=O) groups excluding carboxylic acids is 1. The fraction of sp³-hybridized carbons (Fsp3) is 0.500. The van der Waals surface area contributed by atoms with Crippen molar-refractivity contribution in [2.24, 2.45) is 0 Å². The lowest BCUT2D eigenvalue weighted by Gasteiger charge is -2.14. The van der Waals surface area contributed by atoms with E-state index in [0.29, 0.717) is 6.42 Å². The first-order chi connectivity index (χ1) is 14.9. The van der Waals surface area contributed by atoms with Gasteiger partial charge in [0.05, 0.1) is 5.52 Å². The van der Waals surface area contributed by atoms with Crippen LogP contribution in [-0.2, 0) is 11.3 Å². The highest BCUT2D eigenvalue weighted by atomic mass is 32.2. The molecule has 0 amide bonds. The lowest BCUT2D eigenvalue weighted by Crippen LogP contribution is -1.96. The zero-order chi connectivity index (χ0) is 23.6. The third-order valence-corrected chi connectivity index (χ3v) is 7.51. The van der Waals surface area contributed by atoms with Gasteiger partial charge in [0.15, 0.2) is 0 Å². The minimum absolute atomic E-state index is 0.179. The van der Waals surface area contributed by atoms with Gasteiger partial charge < -0.3 is 9.36 Å². The molecule has 0 saturated heterocycles. The molecule has 0 spiro atoms. The molecular weight excluding hydrogens is 425 g/mol. The van der Waals surface area contributed by atoms with E-state index in [1.165, 1.54) is 20.9 Å². The molecule has 0 saturated carbocycles. The number of aryl methyl sites for hydroxylation is 1. The molecule has 2 unspecified atom stereocenters. The maximum Gasteiger partial charge on any atom is 0.125 e. The van der Waals surface area contributed by atoms with Crippen molar-refractivity contribution in [2.45, 2.75) is 83.4 Å². The number of halogens is 1. The standard InChI is InChI=1S/C20H24FNOS2.C4H8.C2H6/c1-5-12(2)25-20-18-16(13(3)24-4)10-15(21)11-17(18)22-8-6-14(7-9-23)19(20)22;1-3-4-2;1-2/h5,9-11,13-14H,6-8H2,1-4H3;3H,1,4H2,2H3;1-2H3/b12-5+;;. The molecule has 1 aliphatic rings. The summed E-state index contributed by atoms with van der Waals surface area (Å²) in [6, 6.07) is 3.34. The van der Waals surface area contributed by atoms with Gasteiger partial charge in [-0.15, -0.1) is 6.58 Å². The molecule has 2 nitrogen and oxygen atoms in total. The highest BCUT2D eigenvalue weighted by molar-refractivity contribution is 8.03. The van der Waals surface area contributed by atoms with Crippen LogP contribution >= 0.6 is 23.5 Å². The Morgan fingerprint density at radius 2 is 2.03 bits per heavy atom. The Morgan fingerprint density at radius 3 is 2.55 bits per heavy atom. The van der Waals surface area contributed by atoms with Crippen LogP contribution in [-0.4, -0.2) is 17.1 Å². The van der Waals surface area contributed by atoms with E-state index >= 15 is 0 Å². The highest BCUT2D eigenvalue weighted by Gasteiger charge is 2.31. The first kappa shape index (κ1) is 27.6. The molecule has 3 rings (SSSR count). The fourth-order valence-electron chi connectivity index (χ4n) is 3.64. The van der Waals surface area contributed by atoms with Gasteiger partial charge in [-0.05, 0) is 62.5 Å². The lowest BCUT2D eigenvalue weighted by molar-refractivity contribution is -0.108. The van der Waals surface area contributed by atoms with Crippen molar-refractivity contribution in [3.05, 3.63) is 52.8 Å². The number of nitrogens with zero attached hydrogens (tertiary/aromatic N) is 1. The van der Waals surface area contributed by atoms with Gasteiger partial charge in [-0.25, -0.2) is 4.39 Å². The van der Waals surface area contributed by atoms with E-state index in [2.05, 4.69) is 44.2 Å². The van der Waals surface area contributed by atoms with Gasteiger partial charge in [0.25, 0.3) is 0 Å². The van der Waals surface area contributed by atoms with Crippen molar-refractivity contribution in [3.63, 3.8) is 0 Å².